The van der Waals surface area contributed by atoms with Gasteiger partial charge in [-0.1, -0.05) is 52.5 Å². The molecule has 9 heteroatoms. The number of thiophene rings is 1. The molecule has 1 aromatic heterocycles. The maximum atomic E-state index is 12.4. The van der Waals surface area contributed by atoms with E-state index in [4.69, 9.17) is 51.1 Å². The van der Waals surface area contributed by atoms with Gasteiger partial charge >= 0.3 is 5.97 Å². The number of hydrogen-bond donors (Lipinski definition) is 1. The average Bonchev–Trinajstić information content (AvgIpc) is 2.90. The van der Waals surface area contributed by atoms with Gasteiger partial charge in [0.2, 0.25) is 0 Å². The van der Waals surface area contributed by atoms with E-state index in [0.717, 1.165) is 16.0 Å². The predicted octanol–water partition coefficient (Wildman–Crippen LogP) is 6.70. The Balaban J connectivity index is 1.73. The summed E-state index contributed by atoms with van der Waals surface area (Å²) in [7, 11) is 0. The molecule has 0 spiro atoms. The number of carbonyl (C=O) groups excluding carboxylic acids is 2. The Bertz CT molecular complexity index is 1030. The molecule has 0 aliphatic carbocycles. The fourth-order valence-electron chi connectivity index (χ4n) is 2.31. The van der Waals surface area contributed by atoms with Crippen LogP contribution in [-0.2, 0) is 9.53 Å². The lowest BCUT2D eigenvalue weighted by Crippen LogP contribution is -2.29. The number of halogens is 4. The van der Waals surface area contributed by atoms with Crippen molar-refractivity contribution in [3.63, 3.8) is 0 Å². The quantitative estimate of drug-likeness (QED) is 0.439. The summed E-state index contributed by atoms with van der Waals surface area (Å²) in [6.07, 6.45) is -1.06. The first-order valence-electron chi connectivity index (χ1n) is 7.60. The van der Waals surface area contributed by atoms with Crippen LogP contribution in [-0.4, -0.2) is 18.0 Å². The van der Waals surface area contributed by atoms with Gasteiger partial charge < -0.3 is 10.1 Å². The molecule has 0 radical (unpaired) electrons. The number of benzene rings is 2. The minimum Gasteiger partial charge on any atom is -0.448 e. The maximum Gasteiger partial charge on any atom is 0.350 e. The van der Waals surface area contributed by atoms with Gasteiger partial charge in [0, 0.05) is 30.8 Å². The van der Waals surface area contributed by atoms with Crippen molar-refractivity contribution in [3.05, 3.63) is 61.4 Å². The third kappa shape index (κ3) is 4.68. The Morgan fingerprint density at radius 1 is 1.00 bits per heavy atom. The van der Waals surface area contributed by atoms with Crippen molar-refractivity contribution in [3.8, 4) is 0 Å². The van der Waals surface area contributed by atoms with E-state index in [1.165, 1.54) is 25.1 Å². The number of carbonyl (C=O) groups is 2. The summed E-state index contributed by atoms with van der Waals surface area (Å²) in [6, 6.07) is 9.73. The smallest absolute Gasteiger partial charge is 0.350 e. The Hall–Kier alpha value is -1.50. The van der Waals surface area contributed by atoms with E-state index in [1.807, 2.05) is 0 Å². The maximum absolute atomic E-state index is 12.4. The minimum absolute atomic E-state index is 0.208. The third-order valence-corrected chi connectivity index (χ3v) is 5.87. The number of nitrogens with one attached hydrogen (secondary N) is 1. The van der Waals surface area contributed by atoms with Gasteiger partial charge in [-0.25, -0.2) is 4.79 Å². The van der Waals surface area contributed by atoms with Crippen LogP contribution in [0.2, 0.25) is 20.1 Å². The molecular weight excluding hydrogens is 452 g/mol. The van der Waals surface area contributed by atoms with E-state index >= 15 is 0 Å². The van der Waals surface area contributed by atoms with Gasteiger partial charge in [-0.3, -0.25) is 4.79 Å². The van der Waals surface area contributed by atoms with Crippen LogP contribution >= 0.6 is 57.7 Å². The molecule has 27 heavy (non-hydrogen) atoms. The highest BCUT2D eigenvalue weighted by Crippen LogP contribution is 2.37. The van der Waals surface area contributed by atoms with Gasteiger partial charge in [0.15, 0.2) is 6.10 Å². The Kier molecular flexibility index (Phi) is 6.18. The van der Waals surface area contributed by atoms with Crippen LogP contribution < -0.4 is 5.32 Å². The molecule has 1 N–H and O–H groups in total. The summed E-state index contributed by atoms with van der Waals surface area (Å²) in [6.45, 7) is 1.46. The standard InChI is InChI=1S/C18H11Cl4NO3S/c1-8(17(24)23-12-5-10(20)4-11(21)6-12)26-18(25)16-15(22)13-3-2-9(19)7-14(13)27-16/h2-8H,1H3,(H,23,24). The average molecular weight is 463 g/mol. The summed E-state index contributed by atoms with van der Waals surface area (Å²) in [5.74, 6) is -1.22. The van der Waals surface area contributed by atoms with Crippen LogP contribution in [0, 0.1) is 0 Å². The fourth-order valence-corrected chi connectivity index (χ4v) is 4.50. The first kappa shape index (κ1) is 20.2. The highest BCUT2D eigenvalue weighted by atomic mass is 35.5. The van der Waals surface area contributed by atoms with Crippen molar-refractivity contribution < 1.29 is 14.3 Å². The van der Waals surface area contributed by atoms with Gasteiger partial charge in [0.1, 0.15) is 4.88 Å². The Morgan fingerprint density at radius 3 is 2.33 bits per heavy atom. The minimum atomic E-state index is -1.06. The van der Waals surface area contributed by atoms with Crippen molar-refractivity contribution in [2.75, 3.05) is 5.32 Å². The molecule has 1 unspecified atom stereocenters. The first-order valence-corrected chi connectivity index (χ1v) is 9.93. The van der Waals surface area contributed by atoms with Crippen molar-refractivity contribution in [1.29, 1.82) is 0 Å². The van der Waals surface area contributed by atoms with E-state index in [1.54, 1.807) is 18.2 Å². The van der Waals surface area contributed by atoms with E-state index in [9.17, 15) is 9.59 Å². The van der Waals surface area contributed by atoms with E-state index in [-0.39, 0.29) is 9.90 Å². The molecule has 0 fully saturated rings. The fraction of sp³-hybridized carbons (Fsp3) is 0.111. The molecule has 1 atom stereocenters. The molecule has 140 valence electrons. The lowest BCUT2D eigenvalue weighted by molar-refractivity contribution is -0.123. The summed E-state index contributed by atoms with van der Waals surface area (Å²) in [5, 5.41) is 4.85. The number of anilines is 1. The zero-order chi connectivity index (χ0) is 19.7. The lowest BCUT2D eigenvalue weighted by atomic mass is 10.2. The van der Waals surface area contributed by atoms with E-state index in [0.29, 0.717) is 26.1 Å². The number of amides is 1. The molecule has 3 aromatic rings. The summed E-state index contributed by atoms with van der Waals surface area (Å²) < 4.78 is 6.00. The van der Waals surface area contributed by atoms with E-state index in [2.05, 4.69) is 5.32 Å². The molecule has 2 aromatic carbocycles. The molecule has 0 saturated carbocycles. The Morgan fingerprint density at radius 2 is 1.67 bits per heavy atom. The van der Waals surface area contributed by atoms with Crippen LogP contribution in [0.15, 0.2) is 36.4 Å². The van der Waals surface area contributed by atoms with Crippen LogP contribution in [0.1, 0.15) is 16.6 Å². The highest BCUT2D eigenvalue weighted by Gasteiger charge is 2.24. The molecule has 0 aliphatic rings. The second kappa shape index (κ2) is 8.25. The van der Waals surface area contributed by atoms with Gasteiger partial charge in [-0.15, -0.1) is 11.3 Å². The van der Waals surface area contributed by atoms with Crippen molar-refractivity contribution in [2.45, 2.75) is 13.0 Å². The zero-order valence-corrected chi connectivity index (χ0v) is 17.5. The molecule has 0 bridgehead atoms. The molecule has 0 saturated heterocycles. The summed E-state index contributed by atoms with van der Waals surface area (Å²) in [4.78, 5) is 24.9. The highest BCUT2D eigenvalue weighted by molar-refractivity contribution is 7.21. The van der Waals surface area contributed by atoms with Gasteiger partial charge in [0.05, 0.1) is 5.02 Å². The molecule has 3 rings (SSSR count). The molecular formula is C18H11Cl4NO3S. The topological polar surface area (TPSA) is 55.4 Å². The SMILES string of the molecule is CC(OC(=O)c1sc2cc(Cl)ccc2c1Cl)C(=O)Nc1cc(Cl)cc(Cl)c1. The Labute approximate surface area is 178 Å². The molecule has 4 nitrogen and oxygen atoms in total. The number of fused-ring (bicyclic) bond motifs is 1. The van der Waals surface area contributed by atoms with Crippen LogP contribution in [0.25, 0.3) is 10.1 Å². The summed E-state index contributed by atoms with van der Waals surface area (Å²) >= 11 is 25.2. The molecule has 1 heterocycles. The van der Waals surface area contributed by atoms with Gasteiger partial charge in [-0.2, -0.15) is 0 Å². The van der Waals surface area contributed by atoms with Crippen molar-refractivity contribution in [2.24, 2.45) is 0 Å². The van der Waals surface area contributed by atoms with E-state index < -0.39 is 18.0 Å². The second-order valence-corrected chi connectivity index (χ2v) is 8.32. The first-order chi connectivity index (χ1) is 12.7. The van der Waals surface area contributed by atoms with Crippen LogP contribution in [0.5, 0.6) is 0 Å². The number of rotatable bonds is 4. The number of esters is 1. The predicted molar refractivity (Wildman–Crippen MR) is 112 cm³/mol. The van der Waals surface area contributed by atoms with Gasteiger partial charge in [-0.05, 0) is 37.3 Å². The number of ether oxygens (including phenoxy) is 1. The monoisotopic (exact) mass is 461 g/mol. The van der Waals surface area contributed by atoms with Crippen LogP contribution in [0.4, 0.5) is 5.69 Å². The normalized spacial score (nSPS) is 12.0. The van der Waals surface area contributed by atoms with Crippen LogP contribution in [0.3, 0.4) is 0 Å². The lowest BCUT2D eigenvalue weighted by Gasteiger charge is -2.13. The van der Waals surface area contributed by atoms with Crippen molar-refractivity contribution in [1.82, 2.24) is 0 Å². The number of hydrogen-bond acceptors (Lipinski definition) is 4. The third-order valence-electron chi connectivity index (χ3n) is 3.56. The summed E-state index contributed by atoms with van der Waals surface area (Å²) in [5.41, 5.74) is 0.398. The van der Waals surface area contributed by atoms with Gasteiger partial charge in [0.25, 0.3) is 5.91 Å². The molecule has 0 aliphatic heterocycles. The van der Waals surface area contributed by atoms with Crippen molar-refractivity contribution >= 4 is 85.4 Å². The largest absolute Gasteiger partial charge is 0.448 e. The zero-order valence-electron chi connectivity index (χ0n) is 13.7. The molecule has 1 amide bonds. The second-order valence-electron chi connectivity index (χ2n) is 5.58.